The summed E-state index contributed by atoms with van der Waals surface area (Å²) in [4.78, 5) is 14.2. The third-order valence-electron chi connectivity index (χ3n) is 6.08. The molecule has 1 saturated heterocycles. The topological polar surface area (TPSA) is 70.3 Å². The Kier molecular flexibility index (Phi) is 4.98. The van der Waals surface area contributed by atoms with Crippen LogP contribution in [0.2, 0.25) is 0 Å². The molecule has 160 valence electrons. The van der Waals surface area contributed by atoms with Gasteiger partial charge in [0.2, 0.25) is 5.95 Å². The van der Waals surface area contributed by atoms with Crippen LogP contribution in [0.3, 0.4) is 0 Å². The molecule has 0 aliphatic carbocycles. The first-order valence-corrected chi connectivity index (χ1v) is 10.9. The van der Waals surface area contributed by atoms with E-state index in [1.54, 1.807) is 0 Å². The normalized spacial score (nSPS) is 15.3. The molecule has 7 nitrogen and oxygen atoms in total. The zero-order valence-corrected chi connectivity index (χ0v) is 18.5. The summed E-state index contributed by atoms with van der Waals surface area (Å²) in [6, 6.07) is 10.5. The summed E-state index contributed by atoms with van der Waals surface area (Å²) in [6.45, 7) is 10.7. The van der Waals surface area contributed by atoms with Crippen molar-refractivity contribution in [2.24, 2.45) is 0 Å². The minimum Gasteiger partial charge on any atom is -0.369 e. The van der Waals surface area contributed by atoms with E-state index < -0.39 is 0 Å². The Hall–Kier alpha value is -3.19. The molecule has 4 aromatic rings. The number of likely N-dealkylation sites (N-methyl/N-ethyl adjacent to an activating group) is 1. The van der Waals surface area contributed by atoms with Gasteiger partial charge in [0, 0.05) is 49.1 Å². The Morgan fingerprint density at radius 2 is 1.87 bits per heavy atom. The predicted molar refractivity (Wildman–Crippen MR) is 125 cm³/mol. The molecular formula is C24H28N6O. The summed E-state index contributed by atoms with van der Waals surface area (Å²) in [5.74, 6) is 0.828. The van der Waals surface area contributed by atoms with Crippen molar-refractivity contribution in [2.75, 3.05) is 43.4 Å². The van der Waals surface area contributed by atoms with Gasteiger partial charge in [-0.25, -0.2) is 9.97 Å². The fourth-order valence-electron chi connectivity index (χ4n) is 4.17. The second-order valence-corrected chi connectivity index (χ2v) is 8.71. The van der Waals surface area contributed by atoms with Crippen molar-refractivity contribution in [1.82, 2.24) is 20.0 Å². The first-order valence-electron chi connectivity index (χ1n) is 10.9. The first kappa shape index (κ1) is 19.8. The molecule has 5 rings (SSSR count). The molecule has 0 radical (unpaired) electrons. The average molecular weight is 417 g/mol. The monoisotopic (exact) mass is 416 g/mol. The summed E-state index contributed by atoms with van der Waals surface area (Å²) in [6.07, 6.45) is 1.86. The Labute approximate surface area is 182 Å². The van der Waals surface area contributed by atoms with Gasteiger partial charge in [-0.3, -0.25) is 0 Å². The van der Waals surface area contributed by atoms with Gasteiger partial charge in [-0.1, -0.05) is 19.0 Å². The molecule has 31 heavy (non-hydrogen) atoms. The van der Waals surface area contributed by atoms with Crippen LogP contribution in [-0.4, -0.2) is 53.3 Å². The predicted octanol–water partition coefficient (Wildman–Crippen LogP) is 4.70. The highest BCUT2D eigenvalue weighted by Crippen LogP contribution is 2.32. The van der Waals surface area contributed by atoms with Crippen molar-refractivity contribution in [3.63, 3.8) is 0 Å². The van der Waals surface area contributed by atoms with Gasteiger partial charge in [0.05, 0.1) is 16.6 Å². The van der Waals surface area contributed by atoms with Crippen LogP contribution < -0.4 is 10.2 Å². The van der Waals surface area contributed by atoms with E-state index in [1.165, 1.54) is 11.3 Å². The van der Waals surface area contributed by atoms with Crippen LogP contribution in [0.4, 0.5) is 17.3 Å². The van der Waals surface area contributed by atoms with Crippen LogP contribution in [0.1, 0.15) is 31.0 Å². The molecule has 1 aliphatic heterocycles. The molecule has 0 amide bonds. The van der Waals surface area contributed by atoms with Gasteiger partial charge < -0.3 is 19.6 Å². The SMILES string of the molecule is Cc1cc(N2CCN(C)CC2)ccc1Nc1ncc2ccc3onc(C(C)C)c3c2n1. The number of piperazine rings is 1. The lowest BCUT2D eigenvalue weighted by Crippen LogP contribution is -2.44. The van der Waals surface area contributed by atoms with Gasteiger partial charge in [0.15, 0.2) is 5.58 Å². The maximum Gasteiger partial charge on any atom is 0.227 e. The number of nitrogens with one attached hydrogen (secondary N) is 1. The maximum absolute atomic E-state index is 5.53. The van der Waals surface area contributed by atoms with Crippen molar-refractivity contribution < 1.29 is 4.52 Å². The number of nitrogens with zero attached hydrogens (tertiary/aromatic N) is 5. The second kappa shape index (κ2) is 7.81. The number of aryl methyl sites for hydroxylation is 1. The van der Waals surface area contributed by atoms with Crippen LogP contribution >= 0.6 is 0 Å². The molecule has 1 aliphatic rings. The number of hydrogen-bond donors (Lipinski definition) is 1. The fraction of sp³-hybridized carbons (Fsp3) is 0.375. The van der Waals surface area contributed by atoms with Crippen molar-refractivity contribution in [2.45, 2.75) is 26.7 Å². The van der Waals surface area contributed by atoms with Gasteiger partial charge in [-0.15, -0.1) is 0 Å². The van der Waals surface area contributed by atoms with Crippen LogP contribution in [0.15, 0.2) is 41.1 Å². The zero-order chi connectivity index (χ0) is 21.5. The Bertz CT molecular complexity index is 1240. The number of anilines is 3. The molecule has 1 N–H and O–H groups in total. The van der Waals surface area contributed by atoms with E-state index in [0.717, 1.165) is 59.4 Å². The van der Waals surface area contributed by atoms with Crippen molar-refractivity contribution in [3.8, 4) is 0 Å². The molecule has 0 atom stereocenters. The summed E-state index contributed by atoms with van der Waals surface area (Å²) < 4.78 is 5.53. The molecule has 2 aromatic heterocycles. The molecule has 3 heterocycles. The largest absolute Gasteiger partial charge is 0.369 e. The van der Waals surface area contributed by atoms with Crippen molar-refractivity contribution >= 4 is 39.2 Å². The van der Waals surface area contributed by atoms with E-state index in [1.807, 2.05) is 18.3 Å². The molecule has 0 saturated carbocycles. The smallest absolute Gasteiger partial charge is 0.227 e. The lowest BCUT2D eigenvalue weighted by Gasteiger charge is -2.34. The van der Waals surface area contributed by atoms with Crippen LogP contribution in [0.5, 0.6) is 0 Å². The Balaban J connectivity index is 1.46. The standard InChI is InChI=1S/C24H28N6O/c1-15(2)22-21-20(31-28-22)8-5-17-14-25-24(27-23(17)21)26-19-7-6-18(13-16(19)3)30-11-9-29(4)10-12-30/h5-8,13-15H,9-12H2,1-4H3,(H,25,26,27). The average Bonchev–Trinajstić information content (AvgIpc) is 3.21. The van der Waals surface area contributed by atoms with Crippen LogP contribution in [0.25, 0.3) is 21.9 Å². The van der Waals surface area contributed by atoms with Gasteiger partial charge >= 0.3 is 0 Å². The van der Waals surface area contributed by atoms with Gasteiger partial charge in [-0.2, -0.15) is 0 Å². The number of rotatable bonds is 4. The molecule has 7 heteroatoms. The minimum atomic E-state index is 0.252. The summed E-state index contributed by atoms with van der Waals surface area (Å²) in [5, 5.41) is 9.62. The van der Waals surface area contributed by atoms with Crippen LogP contribution in [0, 0.1) is 6.92 Å². The van der Waals surface area contributed by atoms with E-state index >= 15 is 0 Å². The van der Waals surface area contributed by atoms with Gasteiger partial charge in [-0.05, 0) is 55.8 Å². The Morgan fingerprint density at radius 1 is 1.06 bits per heavy atom. The molecule has 1 fully saturated rings. The van der Waals surface area contributed by atoms with Gasteiger partial charge in [0.1, 0.15) is 0 Å². The number of hydrogen-bond acceptors (Lipinski definition) is 7. The van der Waals surface area contributed by atoms with E-state index in [0.29, 0.717) is 5.95 Å². The number of aromatic nitrogens is 3. The Morgan fingerprint density at radius 3 is 2.61 bits per heavy atom. The minimum absolute atomic E-state index is 0.252. The number of benzene rings is 2. The number of fused-ring (bicyclic) bond motifs is 3. The summed E-state index contributed by atoms with van der Waals surface area (Å²) in [7, 11) is 2.18. The molecular weight excluding hydrogens is 388 g/mol. The first-order chi connectivity index (χ1) is 15.0. The highest BCUT2D eigenvalue weighted by Gasteiger charge is 2.17. The third-order valence-corrected chi connectivity index (χ3v) is 6.08. The van der Waals surface area contributed by atoms with E-state index in [-0.39, 0.29) is 5.92 Å². The van der Waals surface area contributed by atoms with E-state index in [4.69, 9.17) is 9.51 Å². The van der Waals surface area contributed by atoms with Crippen LogP contribution in [-0.2, 0) is 0 Å². The molecule has 2 aromatic carbocycles. The molecule has 0 bridgehead atoms. The lowest BCUT2D eigenvalue weighted by molar-refractivity contribution is 0.313. The van der Waals surface area contributed by atoms with Crippen molar-refractivity contribution in [1.29, 1.82) is 0 Å². The van der Waals surface area contributed by atoms with Crippen molar-refractivity contribution in [3.05, 3.63) is 47.8 Å². The highest BCUT2D eigenvalue weighted by atomic mass is 16.5. The lowest BCUT2D eigenvalue weighted by atomic mass is 10.0. The highest BCUT2D eigenvalue weighted by molar-refractivity contribution is 6.04. The van der Waals surface area contributed by atoms with E-state index in [9.17, 15) is 0 Å². The zero-order valence-electron chi connectivity index (χ0n) is 18.5. The second-order valence-electron chi connectivity index (χ2n) is 8.71. The summed E-state index contributed by atoms with van der Waals surface area (Å²) in [5.41, 5.74) is 6.01. The molecule has 0 spiro atoms. The molecule has 0 unspecified atom stereocenters. The maximum atomic E-state index is 5.53. The van der Waals surface area contributed by atoms with E-state index in [2.05, 4.69) is 71.3 Å². The third kappa shape index (κ3) is 3.70. The van der Waals surface area contributed by atoms with Gasteiger partial charge in [0.25, 0.3) is 0 Å². The fourth-order valence-corrected chi connectivity index (χ4v) is 4.17. The summed E-state index contributed by atoms with van der Waals surface area (Å²) >= 11 is 0. The quantitative estimate of drug-likeness (QED) is 0.517.